The number of rotatable bonds is 5. The zero-order valence-electron chi connectivity index (χ0n) is 16.5. The Bertz CT molecular complexity index is 1040. The molecule has 0 spiro atoms. The first-order chi connectivity index (χ1) is 14.4. The quantitative estimate of drug-likeness (QED) is 0.327. The lowest BCUT2D eigenvalue weighted by molar-refractivity contribution is -0.385. The number of likely N-dealkylation sites (tertiary alicyclic amines) is 1. The molecule has 154 valence electrons. The number of hydrogen-bond acceptors (Lipinski definition) is 6. The molecule has 0 atom stereocenters. The van der Waals surface area contributed by atoms with Crippen LogP contribution in [0.5, 0.6) is 0 Å². The zero-order valence-corrected chi connectivity index (χ0v) is 16.5. The number of nitro groups is 1. The van der Waals surface area contributed by atoms with Gasteiger partial charge in [-0.2, -0.15) is 0 Å². The smallest absolute Gasteiger partial charge is 0.282 e. The Balaban J connectivity index is 1.41. The van der Waals surface area contributed by atoms with Gasteiger partial charge in [0.25, 0.3) is 17.5 Å². The fourth-order valence-corrected chi connectivity index (χ4v) is 4.09. The van der Waals surface area contributed by atoms with Crippen LogP contribution in [0.25, 0.3) is 0 Å². The molecule has 0 bridgehead atoms. The van der Waals surface area contributed by atoms with Gasteiger partial charge in [0.15, 0.2) is 5.78 Å². The molecule has 0 aliphatic carbocycles. The molecule has 1 saturated heterocycles. The second-order valence-electron chi connectivity index (χ2n) is 7.76. The van der Waals surface area contributed by atoms with Gasteiger partial charge in [-0.3, -0.25) is 34.3 Å². The van der Waals surface area contributed by atoms with E-state index in [4.69, 9.17) is 0 Å². The first-order valence-electron chi connectivity index (χ1n) is 9.83. The Hall–Kier alpha value is -3.39. The predicted octanol–water partition coefficient (Wildman–Crippen LogP) is 3.05. The summed E-state index contributed by atoms with van der Waals surface area (Å²) < 4.78 is 0. The maximum absolute atomic E-state index is 12.7. The molecule has 30 heavy (non-hydrogen) atoms. The van der Waals surface area contributed by atoms with E-state index in [1.807, 2.05) is 36.1 Å². The summed E-state index contributed by atoms with van der Waals surface area (Å²) in [5.74, 6) is -1.13. The molecule has 0 saturated carbocycles. The van der Waals surface area contributed by atoms with Gasteiger partial charge in [-0.1, -0.05) is 35.9 Å². The number of benzene rings is 2. The second kappa shape index (κ2) is 7.79. The number of nitrogens with zero attached hydrogens (tertiary/aromatic N) is 3. The van der Waals surface area contributed by atoms with Crippen LogP contribution in [0.2, 0.25) is 0 Å². The van der Waals surface area contributed by atoms with E-state index in [0.29, 0.717) is 31.5 Å². The number of aryl methyl sites for hydroxylation is 1. The number of ketones is 1. The summed E-state index contributed by atoms with van der Waals surface area (Å²) in [6.07, 6.45) is 1.27. The number of carbonyl (C=O) groups excluding carboxylic acids is 3. The van der Waals surface area contributed by atoms with Crippen molar-refractivity contribution in [3.8, 4) is 0 Å². The minimum Gasteiger partial charge on any atom is -0.294 e. The largest absolute Gasteiger partial charge is 0.294 e. The number of fused-ring (bicyclic) bond motifs is 1. The van der Waals surface area contributed by atoms with Crippen molar-refractivity contribution in [1.82, 2.24) is 9.80 Å². The topological polar surface area (TPSA) is 101 Å². The molecule has 8 nitrogen and oxygen atoms in total. The predicted molar refractivity (Wildman–Crippen MR) is 108 cm³/mol. The Morgan fingerprint density at radius 1 is 1.07 bits per heavy atom. The number of amides is 2. The number of piperidine rings is 1. The highest BCUT2D eigenvalue weighted by atomic mass is 16.6. The van der Waals surface area contributed by atoms with Gasteiger partial charge in [0, 0.05) is 30.6 Å². The highest BCUT2D eigenvalue weighted by molar-refractivity contribution is 6.23. The lowest BCUT2D eigenvalue weighted by Crippen LogP contribution is -2.45. The molecule has 2 aliphatic heterocycles. The lowest BCUT2D eigenvalue weighted by Gasteiger charge is -2.33. The summed E-state index contributed by atoms with van der Waals surface area (Å²) in [4.78, 5) is 51.6. The third-order valence-corrected chi connectivity index (χ3v) is 5.81. The number of imide groups is 1. The van der Waals surface area contributed by atoms with Gasteiger partial charge in [0.1, 0.15) is 5.56 Å². The number of carbonyl (C=O) groups is 3. The summed E-state index contributed by atoms with van der Waals surface area (Å²) in [5.41, 5.74) is 1.38. The maximum atomic E-state index is 12.7. The normalized spacial score (nSPS) is 17.3. The first kappa shape index (κ1) is 19.9. The first-order valence-corrected chi connectivity index (χ1v) is 9.83. The van der Waals surface area contributed by atoms with Gasteiger partial charge in [-0.15, -0.1) is 0 Å². The van der Waals surface area contributed by atoms with Gasteiger partial charge >= 0.3 is 0 Å². The van der Waals surface area contributed by atoms with Crippen LogP contribution in [0.4, 0.5) is 5.69 Å². The van der Waals surface area contributed by atoms with Crippen LogP contribution in [-0.4, -0.2) is 52.1 Å². The molecular weight excluding hydrogens is 386 g/mol. The van der Waals surface area contributed by atoms with Crippen LogP contribution in [0.1, 0.15) is 49.5 Å². The molecule has 1 fully saturated rings. The Morgan fingerprint density at radius 2 is 1.73 bits per heavy atom. The van der Waals surface area contributed by atoms with Crippen molar-refractivity contribution in [2.75, 3.05) is 19.8 Å². The third kappa shape index (κ3) is 3.50. The fraction of sp³-hybridized carbons (Fsp3) is 0.318. The van der Waals surface area contributed by atoms with Crippen molar-refractivity contribution in [1.29, 1.82) is 0 Å². The molecule has 0 radical (unpaired) electrons. The van der Waals surface area contributed by atoms with Crippen LogP contribution < -0.4 is 0 Å². The molecule has 2 aromatic rings. The lowest BCUT2D eigenvalue weighted by atomic mass is 9.89. The zero-order chi connectivity index (χ0) is 21.4. The van der Waals surface area contributed by atoms with E-state index in [9.17, 15) is 24.5 Å². The average Bonchev–Trinajstić information content (AvgIpc) is 2.99. The van der Waals surface area contributed by atoms with Crippen molar-refractivity contribution in [3.63, 3.8) is 0 Å². The molecule has 2 aromatic carbocycles. The van der Waals surface area contributed by atoms with Crippen molar-refractivity contribution in [2.45, 2.75) is 19.8 Å². The van der Waals surface area contributed by atoms with Crippen molar-refractivity contribution >= 4 is 23.3 Å². The van der Waals surface area contributed by atoms with E-state index in [0.717, 1.165) is 10.5 Å². The van der Waals surface area contributed by atoms with E-state index < -0.39 is 16.7 Å². The molecule has 4 rings (SSSR count). The molecule has 0 aromatic heterocycles. The van der Waals surface area contributed by atoms with E-state index in [2.05, 4.69) is 0 Å². The summed E-state index contributed by atoms with van der Waals surface area (Å²) in [7, 11) is 0. The van der Waals surface area contributed by atoms with Crippen LogP contribution in [-0.2, 0) is 0 Å². The summed E-state index contributed by atoms with van der Waals surface area (Å²) in [6, 6.07) is 11.6. The van der Waals surface area contributed by atoms with Crippen molar-refractivity contribution in [2.24, 2.45) is 5.92 Å². The highest BCUT2D eigenvalue weighted by Gasteiger charge is 2.42. The van der Waals surface area contributed by atoms with Crippen LogP contribution in [0.15, 0.2) is 42.5 Å². The molecular formula is C22H21N3O5. The minimum absolute atomic E-state index is 0.0644. The average molecular weight is 407 g/mol. The van der Waals surface area contributed by atoms with Gasteiger partial charge in [0.05, 0.1) is 17.2 Å². The highest BCUT2D eigenvalue weighted by Crippen LogP contribution is 2.31. The molecule has 8 heteroatoms. The standard InChI is InChI=1S/C22H21N3O5/c1-14-5-7-15(8-6-14)20(26)16-9-11-23(12-10-16)13-24-21(27)17-3-2-4-18(25(29)30)19(17)22(24)28/h2-8,16H,9-13H2,1H3. The summed E-state index contributed by atoms with van der Waals surface area (Å²) in [5, 5.41) is 11.2. The fourth-order valence-electron chi connectivity index (χ4n) is 4.09. The minimum atomic E-state index is -0.643. The van der Waals surface area contributed by atoms with E-state index in [-0.39, 0.29) is 35.2 Å². The van der Waals surface area contributed by atoms with Gasteiger partial charge < -0.3 is 0 Å². The van der Waals surface area contributed by atoms with Crippen LogP contribution in [0, 0.1) is 23.0 Å². The molecule has 0 N–H and O–H groups in total. The number of hydrogen-bond donors (Lipinski definition) is 0. The summed E-state index contributed by atoms with van der Waals surface area (Å²) in [6.45, 7) is 3.17. The Morgan fingerprint density at radius 3 is 2.37 bits per heavy atom. The van der Waals surface area contributed by atoms with Gasteiger partial charge in [0.2, 0.25) is 0 Å². The van der Waals surface area contributed by atoms with Crippen LogP contribution in [0.3, 0.4) is 0 Å². The van der Waals surface area contributed by atoms with E-state index in [1.54, 1.807) is 0 Å². The number of Topliss-reactive ketones (excluding diaryl/α,β-unsaturated/α-hetero) is 1. The summed E-state index contributed by atoms with van der Waals surface area (Å²) >= 11 is 0. The molecule has 2 aliphatic rings. The second-order valence-corrected chi connectivity index (χ2v) is 7.76. The number of nitro benzene ring substituents is 1. The Labute approximate surface area is 173 Å². The van der Waals surface area contributed by atoms with Gasteiger partial charge in [-0.25, -0.2) is 0 Å². The monoisotopic (exact) mass is 407 g/mol. The molecule has 2 heterocycles. The third-order valence-electron chi connectivity index (χ3n) is 5.81. The van der Waals surface area contributed by atoms with E-state index in [1.165, 1.54) is 18.2 Å². The van der Waals surface area contributed by atoms with Crippen molar-refractivity contribution in [3.05, 3.63) is 74.8 Å². The maximum Gasteiger partial charge on any atom is 0.282 e. The van der Waals surface area contributed by atoms with E-state index >= 15 is 0 Å². The Kier molecular flexibility index (Phi) is 5.17. The van der Waals surface area contributed by atoms with Crippen LogP contribution >= 0.6 is 0 Å². The van der Waals surface area contributed by atoms with Crippen molar-refractivity contribution < 1.29 is 19.3 Å². The van der Waals surface area contributed by atoms with Gasteiger partial charge in [-0.05, 0) is 25.8 Å². The molecule has 2 amide bonds. The molecule has 0 unspecified atom stereocenters. The SMILES string of the molecule is Cc1ccc(C(=O)C2CCN(CN3C(=O)c4cccc([N+](=O)[O-])c4C3=O)CC2)cc1.